The van der Waals surface area contributed by atoms with Crippen molar-refractivity contribution in [3.05, 3.63) is 28.5 Å². The molecule has 1 aliphatic rings. The van der Waals surface area contributed by atoms with Crippen LogP contribution in [-0.4, -0.2) is 33.1 Å². The van der Waals surface area contributed by atoms with Crippen LogP contribution in [0.3, 0.4) is 0 Å². The Hall–Kier alpha value is -2.08. The van der Waals surface area contributed by atoms with Crippen LogP contribution in [0.1, 0.15) is 33.9 Å². The van der Waals surface area contributed by atoms with Crippen LogP contribution in [0, 0.1) is 0 Å². The minimum absolute atomic E-state index is 0.0285. The van der Waals surface area contributed by atoms with Crippen LogP contribution in [0.15, 0.2) is 12.1 Å². The van der Waals surface area contributed by atoms with E-state index in [-0.39, 0.29) is 17.6 Å². The van der Waals surface area contributed by atoms with E-state index in [1.165, 1.54) is 6.07 Å². The minimum Gasteiger partial charge on any atom is -0.477 e. The maximum Gasteiger partial charge on any atom is 0.354 e. The van der Waals surface area contributed by atoms with E-state index >= 15 is 0 Å². The number of hydrogen-bond donors (Lipinski definition) is 2. The number of fused-ring (bicyclic) bond motifs is 3. The van der Waals surface area contributed by atoms with Crippen molar-refractivity contribution in [3.63, 3.8) is 0 Å². The van der Waals surface area contributed by atoms with E-state index in [0.29, 0.717) is 28.3 Å². The Morgan fingerprint density at radius 1 is 1.58 bits per heavy atom. The summed E-state index contributed by atoms with van der Waals surface area (Å²) < 4.78 is 1.70. The van der Waals surface area contributed by atoms with Gasteiger partial charge < -0.3 is 15.0 Å². The second kappa shape index (κ2) is 3.96. The average Bonchev–Trinajstić information content (AvgIpc) is 2.68. The number of pyridine rings is 1. The molecule has 1 amide bonds. The highest BCUT2D eigenvalue weighted by Gasteiger charge is 2.29. The van der Waals surface area contributed by atoms with Gasteiger partial charge in [0.25, 0.3) is 5.91 Å². The number of hydrogen-bond acceptors (Lipinski definition) is 3. The van der Waals surface area contributed by atoms with Crippen LogP contribution in [0.5, 0.6) is 0 Å². The van der Waals surface area contributed by atoms with E-state index < -0.39 is 5.97 Å². The molecule has 6 nitrogen and oxygen atoms in total. The van der Waals surface area contributed by atoms with E-state index in [1.54, 1.807) is 10.6 Å². The molecule has 0 saturated carbocycles. The van der Waals surface area contributed by atoms with Crippen molar-refractivity contribution in [2.45, 2.75) is 13.0 Å². The largest absolute Gasteiger partial charge is 0.477 e. The molecule has 0 unspecified atom stereocenters. The number of aromatic nitrogens is 2. The summed E-state index contributed by atoms with van der Waals surface area (Å²) in [4.78, 5) is 27.0. The molecule has 19 heavy (non-hydrogen) atoms. The molecule has 0 aromatic carbocycles. The molecule has 1 aliphatic heterocycles. The van der Waals surface area contributed by atoms with Gasteiger partial charge in [-0.3, -0.25) is 4.79 Å². The maximum absolute atomic E-state index is 11.9. The van der Waals surface area contributed by atoms with Gasteiger partial charge in [-0.2, -0.15) is 0 Å². The number of rotatable bonds is 1. The number of amides is 1. The predicted octanol–water partition coefficient (Wildman–Crippen LogP) is 1.69. The van der Waals surface area contributed by atoms with Crippen LogP contribution < -0.4 is 5.32 Å². The topological polar surface area (TPSA) is 84.2 Å². The summed E-state index contributed by atoms with van der Waals surface area (Å²) in [6.45, 7) is 2.37. The quantitative estimate of drug-likeness (QED) is 0.832. The van der Waals surface area contributed by atoms with Gasteiger partial charge in [-0.15, -0.1) is 0 Å². The summed E-state index contributed by atoms with van der Waals surface area (Å²) in [7, 11) is 0. The number of nitrogens with zero attached hydrogens (tertiary/aromatic N) is 2. The Bertz CT molecular complexity index is 723. The van der Waals surface area contributed by atoms with Crippen LogP contribution in [-0.2, 0) is 0 Å². The third-order valence-corrected chi connectivity index (χ3v) is 3.60. The van der Waals surface area contributed by atoms with Crippen LogP contribution in [0.2, 0.25) is 5.02 Å². The van der Waals surface area contributed by atoms with Crippen LogP contribution in [0.4, 0.5) is 0 Å². The first kappa shape index (κ1) is 12.0. The number of nitrogens with one attached hydrogen (secondary N) is 1. The van der Waals surface area contributed by atoms with Crippen molar-refractivity contribution in [3.8, 4) is 0 Å². The van der Waals surface area contributed by atoms with E-state index in [1.807, 2.05) is 6.92 Å². The number of aromatic carboxylic acids is 1. The lowest BCUT2D eigenvalue weighted by Crippen LogP contribution is -2.37. The molecule has 0 aliphatic carbocycles. The predicted molar refractivity (Wildman–Crippen MR) is 68.7 cm³/mol. The maximum atomic E-state index is 11.9. The summed E-state index contributed by atoms with van der Waals surface area (Å²) in [6.07, 6.45) is 0. The van der Waals surface area contributed by atoms with Crippen molar-refractivity contribution < 1.29 is 14.7 Å². The summed E-state index contributed by atoms with van der Waals surface area (Å²) >= 11 is 6.20. The fourth-order valence-electron chi connectivity index (χ4n) is 2.32. The Balaban J connectivity index is 2.39. The third-order valence-electron chi connectivity index (χ3n) is 3.22. The lowest BCUT2D eigenvalue weighted by Gasteiger charge is -2.23. The number of carbonyl (C=O) groups excluding carboxylic acids is 1. The molecule has 0 spiro atoms. The number of carboxylic acid groups (broad SMARTS) is 1. The Morgan fingerprint density at radius 3 is 3.00 bits per heavy atom. The summed E-state index contributed by atoms with van der Waals surface area (Å²) in [6, 6.07) is 2.93. The number of carbonyl (C=O) groups is 2. The van der Waals surface area contributed by atoms with Crippen molar-refractivity contribution in [2.24, 2.45) is 0 Å². The van der Waals surface area contributed by atoms with Gasteiger partial charge in [-0.1, -0.05) is 11.6 Å². The zero-order chi connectivity index (χ0) is 13.7. The third kappa shape index (κ3) is 1.60. The average molecular weight is 280 g/mol. The smallest absolute Gasteiger partial charge is 0.354 e. The fourth-order valence-corrected chi connectivity index (χ4v) is 2.64. The molecular weight excluding hydrogens is 270 g/mol. The molecule has 98 valence electrons. The number of halogens is 1. The van der Waals surface area contributed by atoms with Gasteiger partial charge in [-0.25, -0.2) is 9.78 Å². The first-order chi connectivity index (χ1) is 9.00. The first-order valence-corrected chi connectivity index (χ1v) is 6.10. The zero-order valence-corrected chi connectivity index (χ0v) is 10.7. The molecule has 0 saturated heterocycles. The van der Waals surface area contributed by atoms with Gasteiger partial charge in [0.2, 0.25) is 0 Å². The molecular formula is C12H10ClN3O3. The van der Waals surface area contributed by atoms with Gasteiger partial charge in [0, 0.05) is 11.9 Å². The second-order valence-corrected chi connectivity index (χ2v) is 4.84. The van der Waals surface area contributed by atoms with Crippen molar-refractivity contribution in [1.82, 2.24) is 14.9 Å². The Morgan fingerprint density at radius 2 is 2.32 bits per heavy atom. The highest BCUT2D eigenvalue weighted by Crippen LogP contribution is 2.34. The van der Waals surface area contributed by atoms with Gasteiger partial charge in [0.15, 0.2) is 5.69 Å². The molecule has 0 bridgehead atoms. The monoisotopic (exact) mass is 279 g/mol. The molecule has 3 rings (SSSR count). The minimum atomic E-state index is -1.11. The van der Waals surface area contributed by atoms with Crippen LogP contribution >= 0.6 is 11.6 Å². The zero-order valence-electron chi connectivity index (χ0n) is 9.98. The fraction of sp³-hybridized carbons (Fsp3) is 0.250. The molecule has 0 fully saturated rings. The van der Waals surface area contributed by atoms with E-state index in [2.05, 4.69) is 10.3 Å². The highest BCUT2D eigenvalue weighted by atomic mass is 35.5. The van der Waals surface area contributed by atoms with Gasteiger partial charge >= 0.3 is 5.97 Å². The second-order valence-electron chi connectivity index (χ2n) is 4.46. The Labute approximate surface area is 113 Å². The van der Waals surface area contributed by atoms with E-state index in [4.69, 9.17) is 16.7 Å². The van der Waals surface area contributed by atoms with Crippen molar-refractivity contribution >= 4 is 34.5 Å². The first-order valence-electron chi connectivity index (χ1n) is 5.72. The lowest BCUT2D eigenvalue weighted by atomic mass is 10.2. The molecule has 3 heterocycles. The standard InChI is InChI=1S/C12H10ClN3O3/c1-5-4-14-11(17)9-8(13)6-2-3-7(12(18)19)15-10(6)16(5)9/h2-3,5H,4H2,1H3,(H,14,17)(H,18,19)/t5-/m1/s1. The lowest BCUT2D eigenvalue weighted by molar-refractivity contribution is 0.0690. The van der Waals surface area contributed by atoms with Gasteiger partial charge in [0.1, 0.15) is 11.3 Å². The molecule has 2 aromatic heterocycles. The van der Waals surface area contributed by atoms with Crippen molar-refractivity contribution in [1.29, 1.82) is 0 Å². The molecule has 7 heteroatoms. The van der Waals surface area contributed by atoms with E-state index in [0.717, 1.165) is 0 Å². The van der Waals surface area contributed by atoms with Gasteiger partial charge in [-0.05, 0) is 19.1 Å². The molecule has 0 radical (unpaired) electrons. The summed E-state index contributed by atoms with van der Waals surface area (Å²) in [5.74, 6) is -1.38. The number of carboxylic acids is 1. The highest BCUT2D eigenvalue weighted by molar-refractivity contribution is 6.38. The molecule has 2 N–H and O–H groups in total. The Kier molecular flexibility index (Phi) is 2.50. The SMILES string of the molecule is C[C@@H]1CNC(=O)c2c(Cl)c3ccc(C(=O)O)nc3n21. The summed E-state index contributed by atoms with van der Waals surface area (Å²) in [5, 5.41) is 12.6. The normalized spacial score (nSPS) is 18.2. The molecule has 2 aromatic rings. The van der Waals surface area contributed by atoms with Crippen LogP contribution in [0.25, 0.3) is 11.0 Å². The van der Waals surface area contributed by atoms with Crippen molar-refractivity contribution in [2.75, 3.05) is 6.54 Å². The van der Waals surface area contributed by atoms with E-state index in [9.17, 15) is 9.59 Å². The van der Waals surface area contributed by atoms with Gasteiger partial charge in [0.05, 0.1) is 11.1 Å². The molecule has 1 atom stereocenters. The summed E-state index contributed by atoms with van der Waals surface area (Å²) in [5.41, 5.74) is 0.704.